The molecule has 0 aromatic heterocycles. The van der Waals surface area contributed by atoms with E-state index >= 15 is 0 Å². The molecule has 0 saturated carbocycles. The number of fused-ring (bicyclic) bond motifs is 1. The molecule has 0 radical (unpaired) electrons. The Bertz CT molecular complexity index is 441. The Labute approximate surface area is 108 Å². The van der Waals surface area contributed by atoms with Gasteiger partial charge in [-0.3, -0.25) is 4.90 Å². The number of hydrogen-bond acceptors (Lipinski definition) is 4. The van der Waals surface area contributed by atoms with Gasteiger partial charge in [0.15, 0.2) is 0 Å². The third-order valence-electron chi connectivity index (χ3n) is 4.10. The first kappa shape index (κ1) is 12.0. The second-order valence-electron chi connectivity index (χ2n) is 5.32. The zero-order valence-electron chi connectivity index (χ0n) is 10.8. The van der Waals surface area contributed by atoms with Crippen molar-refractivity contribution < 1.29 is 9.47 Å². The average molecular weight is 248 g/mol. The third-order valence-corrected chi connectivity index (χ3v) is 4.10. The van der Waals surface area contributed by atoms with Crippen molar-refractivity contribution in [3.63, 3.8) is 0 Å². The Morgan fingerprint density at radius 3 is 3.00 bits per heavy atom. The first-order valence-corrected chi connectivity index (χ1v) is 6.44. The molecule has 1 saturated heterocycles. The van der Waals surface area contributed by atoms with Crippen molar-refractivity contribution in [3.05, 3.63) is 29.3 Å². The number of hydrogen-bond donors (Lipinski definition) is 1. The molecule has 0 spiro atoms. The van der Waals surface area contributed by atoms with Crippen molar-refractivity contribution >= 4 is 5.69 Å². The summed E-state index contributed by atoms with van der Waals surface area (Å²) in [6, 6.07) is 6.17. The summed E-state index contributed by atoms with van der Waals surface area (Å²) in [5.74, 6) is 0. The Kier molecular flexibility index (Phi) is 3.01. The Morgan fingerprint density at radius 1 is 1.44 bits per heavy atom. The smallest absolute Gasteiger partial charge is 0.106 e. The average Bonchev–Trinajstić information content (AvgIpc) is 2.97. The molecule has 1 atom stereocenters. The number of anilines is 1. The van der Waals surface area contributed by atoms with Crippen molar-refractivity contribution in [2.24, 2.45) is 0 Å². The van der Waals surface area contributed by atoms with E-state index in [0.717, 1.165) is 38.3 Å². The highest BCUT2D eigenvalue weighted by Crippen LogP contribution is 2.31. The molecule has 1 aromatic carbocycles. The maximum atomic E-state index is 6.03. The van der Waals surface area contributed by atoms with Crippen molar-refractivity contribution in [1.29, 1.82) is 0 Å². The van der Waals surface area contributed by atoms with Crippen molar-refractivity contribution in [2.45, 2.75) is 25.1 Å². The normalized spacial score (nSPS) is 27.6. The maximum Gasteiger partial charge on any atom is 0.106 e. The number of nitrogens with zero attached hydrogens (tertiary/aromatic N) is 1. The summed E-state index contributed by atoms with van der Waals surface area (Å²) in [4.78, 5) is 2.40. The van der Waals surface area contributed by atoms with Gasteiger partial charge in [-0.1, -0.05) is 12.1 Å². The van der Waals surface area contributed by atoms with Crippen LogP contribution in [0.1, 0.15) is 17.5 Å². The predicted octanol–water partition coefficient (Wildman–Crippen LogP) is 1.39. The molecule has 2 aliphatic rings. The fourth-order valence-corrected chi connectivity index (χ4v) is 2.97. The third kappa shape index (κ3) is 2.00. The molecule has 2 heterocycles. The molecule has 2 N–H and O–H groups in total. The van der Waals surface area contributed by atoms with Gasteiger partial charge in [0.25, 0.3) is 0 Å². The second-order valence-corrected chi connectivity index (χ2v) is 5.32. The minimum absolute atomic E-state index is 0.128. The molecule has 18 heavy (non-hydrogen) atoms. The lowest BCUT2D eigenvalue weighted by molar-refractivity contribution is -0.0418. The van der Waals surface area contributed by atoms with Gasteiger partial charge in [0, 0.05) is 45.5 Å². The Morgan fingerprint density at radius 2 is 2.33 bits per heavy atom. The Hall–Kier alpha value is -1.10. The highest BCUT2D eigenvalue weighted by molar-refractivity contribution is 5.52. The molecule has 3 rings (SSSR count). The first-order valence-electron chi connectivity index (χ1n) is 6.44. The Balaban J connectivity index is 1.72. The van der Waals surface area contributed by atoms with Crippen LogP contribution in [-0.4, -0.2) is 37.4 Å². The number of nitrogens with two attached hydrogens (primary N) is 1. The van der Waals surface area contributed by atoms with Gasteiger partial charge in [-0.25, -0.2) is 0 Å². The summed E-state index contributed by atoms with van der Waals surface area (Å²) in [5, 5.41) is 0. The molecule has 1 aromatic rings. The van der Waals surface area contributed by atoms with Gasteiger partial charge in [-0.05, 0) is 17.2 Å². The van der Waals surface area contributed by atoms with Crippen LogP contribution in [0.3, 0.4) is 0 Å². The van der Waals surface area contributed by atoms with Crippen LogP contribution in [0.25, 0.3) is 0 Å². The van der Waals surface area contributed by atoms with Crippen LogP contribution < -0.4 is 5.73 Å². The SMILES string of the molecule is COC1(CN2Cc3cccc(N)c3C2)CCOC1. The van der Waals surface area contributed by atoms with E-state index in [1.165, 1.54) is 11.1 Å². The number of ether oxygens (including phenoxy) is 2. The van der Waals surface area contributed by atoms with Gasteiger partial charge >= 0.3 is 0 Å². The zero-order valence-corrected chi connectivity index (χ0v) is 10.8. The van der Waals surface area contributed by atoms with Crippen LogP contribution in [-0.2, 0) is 22.6 Å². The lowest BCUT2D eigenvalue weighted by atomic mass is 10.0. The van der Waals surface area contributed by atoms with Gasteiger partial charge in [-0.2, -0.15) is 0 Å². The second kappa shape index (κ2) is 4.53. The summed E-state index contributed by atoms with van der Waals surface area (Å²) >= 11 is 0. The molecule has 0 aliphatic carbocycles. The number of rotatable bonds is 3. The summed E-state index contributed by atoms with van der Waals surface area (Å²) in [6.07, 6.45) is 0.978. The van der Waals surface area contributed by atoms with Crippen LogP contribution in [0, 0.1) is 0 Å². The summed E-state index contributed by atoms with van der Waals surface area (Å²) < 4.78 is 11.2. The van der Waals surface area contributed by atoms with Gasteiger partial charge in [0.05, 0.1) is 6.61 Å². The fourth-order valence-electron chi connectivity index (χ4n) is 2.97. The lowest BCUT2D eigenvalue weighted by Gasteiger charge is -2.30. The molecule has 1 fully saturated rings. The van der Waals surface area contributed by atoms with E-state index in [9.17, 15) is 0 Å². The van der Waals surface area contributed by atoms with Crippen LogP contribution in [0.2, 0.25) is 0 Å². The van der Waals surface area contributed by atoms with E-state index in [0.29, 0.717) is 6.61 Å². The molecule has 0 bridgehead atoms. The van der Waals surface area contributed by atoms with Crippen LogP contribution in [0.4, 0.5) is 5.69 Å². The van der Waals surface area contributed by atoms with Gasteiger partial charge in [-0.15, -0.1) is 0 Å². The topological polar surface area (TPSA) is 47.7 Å². The molecule has 1 unspecified atom stereocenters. The van der Waals surface area contributed by atoms with Crippen LogP contribution >= 0.6 is 0 Å². The number of benzene rings is 1. The zero-order chi connectivity index (χ0) is 12.6. The summed E-state index contributed by atoms with van der Waals surface area (Å²) in [6.45, 7) is 4.30. The highest BCUT2D eigenvalue weighted by Gasteiger charge is 2.38. The number of methoxy groups -OCH3 is 1. The van der Waals surface area contributed by atoms with Crippen molar-refractivity contribution in [1.82, 2.24) is 4.90 Å². The van der Waals surface area contributed by atoms with E-state index < -0.39 is 0 Å². The summed E-state index contributed by atoms with van der Waals surface area (Å²) in [7, 11) is 1.78. The number of nitrogen functional groups attached to an aromatic ring is 1. The van der Waals surface area contributed by atoms with Crippen LogP contribution in [0.15, 0.2) is 18.2 Å². The lowest BCUT2D eigenvalue weighted by Crippen LogP contribution is -2.43. The molecule has 4 nitrogen and oxygen atoms in total. The van der Waals surface area contributed by atoms with Crippen LogP contribution in [0.5, 0.6) is 0 Å². The van der Waals surface area contributed by atoms with E-state index in [4.69, 9.17) is 15.2 Å². The fraction of sp³-hybridized carbons (Fsp3) is 0.571. The molecule has 4 heteroatoms. The monoisotopic (exact) mass is 248 g/mol. The van der Waals surface area contributed by atoms with Crippen molar-refractivity contribution in [2.75, 3.05) is 32.6 Å². The van der Waals surface area contributed by atoms with Gasteiger partial charge in [0.2, 0.25) is 0 Å². The minimum Gasteiger partial charge on any atom is -0.398 e. The predicted molar refractivity (Wildman–Crippen MR) is 70.1 cm³/mol. The van der Waals surface area contributed by atoms with E-state index in [-0.39, 0.29) is 5.60 Å². The maximum absolute atomic E-state index is 6.03. The standard InChI is InChI=1S/C14H20N2O2/c1-17-14(5-6-18-10-14)9-16-7-11-3-2-4-13(15)12(11)8-16/h2-4H,5-10,15H2,1H3. The molecule has 0 amide bonds. The minimum atomic E-state index is -0.128. The molecule has 98 valence electrons. The highest BCUT2D eigenvalue weighted by atomic mass is 16.5. The van der Waals surface area contributed by atoms with E-state index in [1.54, 1.807) is 7.11 Å². The van der Waals surface area contributed by atoms with E-state index in [1.807, 2.05) is 12.1 Å². The quantitative estimate of drug-likeness (QED) is 0.821. The van der Waals surface area contributed by atoms with Crippen molar-refractivity contribution in [3.8, 4) is 0 Å². The van der Waals surface area contributed by atoms with Gasteiger partial charge in [0.1, 0.15) is 5.60 Å². The van der Waals surface area contributed by atoms with E-state index in [2.05, 4.69) is 11.0 Å². The molecular formula is C14H20N2O2. The summed E-state index contributed by atoms with van der Waals surface area (Å²) in [5.41, 5.74) is 9.43. The molecule has 2 aliphatic heterocycles. The molecular weight excluding hydrogens is 228 g/mol. The largest absolute Gasteiger partial charge is 0.398 e. The van der Waals surface area contributed by atoms with Gasteiger partial charge < -0.3 is 15.2 Å². The first-order chi connectivity index (χ1) is 8.72.